The van der Waals surface area contributed by atoms with Crippen molar-refractivity contribution in [2.45, 2.75) is 24.2 Å². The van der Waals surface area contributed by atoms with Crippen molar-refractivity contribution in [1.82, 2.24) is 10.3 Å². The first kappa shape index (κ1) is 15.5. The molecular formula is C20H17N3O2S. The van der Waals surface area contributed by atoms with Gasteiger partial charge in [0.15, 0.2) is 0 Å². The minimum Gasteiger partial charge on any atom is -0.387 e. The fourth-order valence-corrected chi connectivity index (χ4v) is 6.00. The van der Waals surface area contributed by atoms with Gasteiger partial charge >= 0.3 is 0 Å². The predicted octanol–water partition coefficient (Wildman–Crippen LogP) is 2.65. The van der Waals surface area contributed by atoms with Gasteiger partial charge < -0.3 is 11.1 Å². The van der Waals surface area contributed by atoms with Gasteiger partial charge in [0.2, 0.25) is 0 Å². The number of rotatable bonds is 3. The molecule has 0 spiro atoms. The summed E-state index contributed by atoms with van der Waals surface area (Å²) in [5.74, 6) is -0.345. The molecule has 26 heavy (non-hydrogen) atoms. The summed E-state index contributed by atoms with van der Waals surface area (Å²) in [6, 6.07) is 5.66. The Kier molecular flexibility index (Phi) is 3.21. The number of Topliss-reactive ketones (excluding diaryl/α,β-unsaturated/α-hetero) is 1. The Balaban J connectivity index is 1.82. The third-order valence-corrected chi connectivity index (χ3v) is 6.95. The number of aromatic nitrogens is 1. The molecule has 1 amide bonds. The standard InChI is InChI=1S/C20H17N3O2S/c21-19(25)18-15(13-5-1-2-7-23-13)16-17(26-18)12-8-20(16,9-14(12)24)11-4-3-6-22-10-11/h1-5,7,10,12,22H,6,8-9H2,(H2,21,25). The lowest BCUT2D eigenvalue weighted by Crippen LogP contribution is -2.29. The number of nitrogens with two attached hydrogens (primary N) is 1. The van der Waals surface area contributed by atoms with E-state index in [1.54, 1.807) is 6.20 Å². The van der Waals surface area contributed by atoms with E-state index < -0.39 is 11.3 Å². The molecule has 6 heteroatoms. The molecule has 2 aliphatic carbocycles. The third kappa shape index (κ3) is 1.93. The van der Waals surface area contributed by atoms with Gasteiger partial charge in [-0.2, -0.15) is 0 Å². The van der Waals surface area contributed by atoms with Crippen LogP contribution >= 0.6 is 11.3 Å². The lowest BCUT2D eigenvalue weighted by Gasteiger charge is -2.31. The van der Waals surface area contributed by atoms with Gasteiger partial charge in [-0.3, -0.25) is 14.6 Å². The molecule has 1 saturated carbocycles. The summed E-state index contributed by atoms with van der Waals surface area (Å²) >= 11 is 1.37. The van der Waals surface area contributed by atoms with Crippen molar-refractivity contribution in [1.29, 1.82) is 0 Å². The molecule has 2 aromatic heterocycles. The Hall–Kier alpha value is -2.73. The maximum Gasteiger partial charge on any atom is 0.259 e. The van der Waals surface area contributed by atoms with Gasteiger partial charge in [-0.25, -0.2) is 0 Å². The maximum absolute atomic E-state index is 12.7. The topological polar surface area (TPSA) is 85.1 Å². The molecule has 0 aromatic carbocycles. The highest BCUT2D eigenvalue weighted by atomic mass is 32.1. The Morgan fingerprint density at radius 3 is 2.96 bits per heavy atom. The number of thiophene rings is 1. The van der Waals surface area contributed by atoms with Crippen LogP contribution in [0.25, 0.3) is 11.3 Å². The number of carbonyl (C=O) groups excluding carboxylic acids is 2. The molecule has 5 rings (SSSR count). The van der Waals surface area contributed by atoms with Crippen molar-refractivity contribution in [3.63, 3.8) is 0 Å². The SMILES string of the molecule is NC(=O)c1sc2c(c1-c1ccccn1)C1(C3=CNCC=C3)CC(=O)C2C1. The highest BCUT2D eigenvalue weighted by Gasteiger charge is 2.58. The van der Waals surface area contributed by atoms with Crippen molar-refractivity contribution in [2.24, 2.45) is 5.73 Å². The van der Waals surface area contributed by atoms with Crippen molar-refractivity contribution in [2.75, 3.05) is 6.54 Å². The van der Waals surface area contributed by atoms with E-state index in [1.807, 2.05) is 24.4 Å². The van der Waals surface area contributed by atoms with E-state index in [0.717, 1.165) is 40.2 Å². The lowest BCUT2D eigenvalue weighted by atomic mass is 9.72. The molecule has 130 valence electrons. The molecule has 5 nitrogen and oxygen atoms in total. The maximum atomic E-state index is 12.7. The predicted molar refractivity (Wildman–Crippen MR) is 100.0 cm³/mol. The smallest absolute Gasteiger partial charge is 0.259 e. The third-order valence-electron chi connectivity index (χ3n) is 5.64. The van der Waals surface area contributed by atoms with E-state index in [2.05, 4.69) is 22.5 Å². The van der Waals surface area contributed by atoms with Crippen molar-refractivity contribution in [3.05, 3.63) is 63.6 Å². The number of nitrogens with zero attached hydrogens (tertiary/aromatic N) is 1. The molecule has 2 bridgehead atoms. The van der Waals surface area contributed by atoms with Gasteiger partial charge in [0.1, 0.15) is 10.7 Å². The average molecular weight is 363 g/mol. The largest absolute Gasteiger partial charge is 0.387 e. The first-order chi connectivity index (χ1) is 12.6. The van der Waals surface area contributed by atoms with Crippen LogP contribution in [0, 0.1) is 0 Å². The zero-order valence-electron chi connectivity index (χ0n) is 14.0. The van der Waals surface area contributed by atoms with Crippen LogP contribution in [0.2, 0.25) is 0 Å². The first-order valence-corrected chi connectivity index (χ1v) is 9.45. The van der Waals surface area contributed by atoms with Gasteiger partial charge in [0, 0.05) is 41.2 Å². The summed E-state index contributed by atoms with van der Waals surface area (Å²) in [7, 11) is 0. The van der Waals surface area contributed by atoms with E-state index in [0.29, 0.717) is 11.3 Å². The van der Waals surface area contributed by atoms with Crippen LogP contribution in [0.4, 0.5) is 0 Å². The molecular weight excluding hydrogens is 346 g/mol. The molecule has 2 unspecified atom stereocenters. The number of carbonyl (C=O) groups is 2. The number of dihydropyridines is 1. The van der Waals surface area contributed by atoms with Crippen molar-refractivity contribution < 1.29 is 9.59 Å². The van der Waals surface area contributed by atoms with E-state index in [4.69, 9.17) is 5.73 Å². The number of allylic oxidation sites excluding steroid dienone is 2. The normalized spacial score (nSPS) is 25.8. The van der Waals surface area contributed by atoms with Gasteiger partial charge in [0.05, 0.1) is 11.6 Å². The van der Waals surface area contributed by atoms with Crippen LogP contribution in [0.5, 0.6) is 0 Å². The quantitative estimate of drug-likeness (QED) is 0.878. The zero-order chi connectivity index (χ0) is 17.9. The molecule has 3 aliphatic rings. The molecule has 1 fully saturated rings. The molecule has 0 radical (unpaired) electrons. The van der Waals surface area contributed by atoms with Crippen LogP contribution < -0.4 is 11.1 Å². The number of hydrogen-bond donors (Lipinski definition) is 2. The van der Waals surface area contributed by atoms with Gasteiger partial charge in [-0.05, 0) is 29.7 Å². The van der Waals surface area contributed by atoms with Gasteiger partial charge in [-0.15, -0.1) is 11.3 Å². The lowest BCUT2D eigenvalue weighted by molar-refractivity contribution is -0.119. The number of nitrogens with one attached hydrogen (secondary N) is 1. The summed E-state index contributed by atoms with van der Waals surface area (Å²) in [6.45, 7) is 0.785. The first-order valence-electron chi connectivity index (χ1n) is 8.63. The van der Waals surface area contributed by atoms with Gasteiger partial charge in [-0.1, -0.05) is 18.2 Å². The van der Waals surface area contributed by atoms with Crippen LogP contribution in [-0.2, 0) is 10.2 Å². The van der Waals surface area contributed by atoms with Crippen LogP contribution in [-0.4, -0.2) is 23.2 Å². The number of pyridine rings is 1. The van der Waals surface area contributed by atoms with Crippen LogP contribution in [0.15, 0.2) is 48.3 Å². The van der Waals surface area contributed by atoms with Crippen LogP contribution in [0.1, 0.15) is 38.9 Å². The molecule has 2 aromatic rings. The van der Waals surface area contributed by atoms with Crippen molar-refractivity contribution in [3.8, 4) is 11.3 Å². The Morgan fingerprint density at radius 1 is 1.38 bits per heavy atom. The summed E-state index contributed by atoms with van der Waals surface area (Å²) < 4.78 is 0. The second-order valence-electron chi connectivity index (χ2n) is 7.02. The fourth-order valence-electron chi connectivity index (χ4n) is 4.62. The highest BCUT2D eigenvalue weighted by Crippen LogP contribution is 2.64. The number of ketones is 1. The van der Waals surface area contributed by atoms with Crippen LogP contribution in [0.3, 0.4) is 0 Å². The summed E-state index contributed by atoms with van der Waals surface area (Å²) in [5, 5.41) is 3.26. The van der Waals surface area contributed by atoms with E-state index in [-0.39, 0.29) is 11.7 Å². The summed E-state index contributed by atoms with van der Waals surface area (Å²) in [4.78, 5) is 30.8. The summed E-state index contributed by atoms with van der Waals surface area (Å²) in [5.41, 5.74) is 9.05. The van der Waals surface area contributed by atoms with Crippen molar-refractivity contribution >= 4 is 23.0 Å². The summed E-state index contributed by atoms with van der Waals surface area (Å²) in [6.07, 6.45) is 9.14. The molecule has 2 atom stereocenters. The second-order valence-corrected chi connectivity index (χ2v) is 8.07. The number of primary amides is 1. The Labute approximate surface area is 154 Å². The number of fused-ring (bicyclic) bond motifs is 5. The second kappa shape index (κ2) is 5.38. The molecule has 1 aliphatic heterocycles. The Morgan fingerprint density at radius 2 is 2.27 bits per heavy atom. The van der Waals surface area contributed by atoms with E-state index in [1.165, 1.54) is 11.3 Å². The fraction of sp³-hybridized carbons (Fsp3) is 0.250. The monoisotopic (exact) mass is 363 g/mol. The molecule has 0 saturated heterocycles. The van der Waals surface area contributed by atoms with Gasteiger partial charge in [0.25, 0.3) is 5.91 Å². The number of amides is 1. The minimum atomic E-state index is -0.460. The average Bonchev–Trinajstić information content (AvgIpc) is 3.31. The zero-order valence-corrected chi connectivity index (χ0v) is 14.8. The van der Waals surface area contributed by atoms with E-state index >= 15 is 0 Å². The minimum absolute atomic E-state index is 0.137. The molecule has 3 heterocycles. The Bertz CT molecular complexity index is 1010. The van der Waals surface area contributed by atoms with E-state index in [9.17, 15) is 9.59 Å². The molecule has 3 N–H and O–H groups in total. The highest BCUT2D eigenvalue weighted by molar-refractivity contribution is 7.15. The number of hydrogen-bond acceptors (Lipinski definition) is 5.